The van der Waals surface area contributed by atoms with Gasteiger partial charge >= 0.3 is 0 Å². The predicted molar refractivity (Wildman–Crippen MR) is 140 cm³/mol. The molecule has 1 aliphatic carbocycles. The number of sulfonamides is 1. The maximum Gasteiger partial charge on any atom is 0.274 e. The normalized spacial score (nSPS) is 16.3. The van der Waals surface area contributed by atoms with E-state index in [9.17, 15) is 13.2 Å². The van der Waals surface area contributed by atoms with E-state index in [1.54, 1.807) is 36.4 Å². The number of hydrogen-bond donors (Lipinski definition) is 5. The van der Waals surface area contributed by atoms with Crippen LogP contribution in [-0.4, -0.2) is 43.9 Å². The quantitative estimate of drug-likeness (QED) is 0.159. The molecule has 2 atom stereocenters. The van der Waals surface area contributed by atoms with Gasteiger partial charge in [-0.05, 0) is 75.7 Å². The zero-order chi connectivity index (χ0) is 27.0. The van der Waals surface area contributed by atoms with Crippen molar-refractivity contribution in [3.63, 3.8) is 0 Å². The van der Waals surface area contributed by atoms with Crippen LogP contribution in [0.5, 0.6) is 0 Å². The minimum atomic E-state index is -4.08. The molecule has 0 bridgehead atoms. The van der Waals surface area contributed by atoms with Gasteiger partial charge in [-0.1, -0.05) is 6.07 Å². The maximum atomic E-state index is 13.3. The number of aromatic nitrogens is 1. The molecule has 1 aromatic carbocycles. The van der Waals surface area contributed by atoms with Gasteiger partial charge in [0.1, 0.15) is 11.9 Å². The van der Waals surface area contributed by atoms with E-state index in [2.05, 4.69) is 20.6 Å². The van der Waals surface area contributed by atoms with E-state index < -0.39 is 27.9 Å². The van der Waals surface area contributed by atoms with E-state index in [0.29, 0.717) is 35.8 Å². The Morgan fingerprint density at radius 1 is 1.19 bits per heavy atom. The molecule has 2 unspecified atom stereocenters. The van der Waals surface area contributed by atoms with Gasteiger partial charge in [0.05, 0.1) is 12.7 Å². The van der Waals surface area contributed by atoms with Gasteiger partial charge in [0.2, 0.25) is 0 Å². The summed E-state index contributed by atoms with van der Waals surface area (Å²) in [4.78, 5) is 19.3. The van der Waals surface area contributed by atoms with Gasteiger partial charge in [-0.2, -0.15) is 0 Å². The molecule has 2 aromatic rings. The number of carbonyl (C=O) groups is 1. The summed E-state index contributed by atoms with van der Waals surface area (Å²) in [5.74, 6) is -0.00657. The largest absolute Gasteiger partial charge is 0.490 e. The fourth-order valence-electron chi connectivity index (χ4n) is 3.60. The van der Waals surface area contributed by atoms with E-state index in [1.165, 1.54) is 18.3 Å². The second-order valence-corrected chi connectivity index (χ2v) is 10.1. The molecule has 37 heavy (non-hydrogen) atoms. The third kappa shape index (κ3) is 7.54. The van der Waals surface area contributed by atoms with Crippen LogP contribution in [0.25, 0.3) is 0 Å². The van der Waals surface area contributed by atoms with Crippen LogP contribution >= 0.6 is 0 Å². The number of carbonyl (C=O) groups excluding carboxylic acids is 1. The van der Waals surface area contributed by atoms with Gasteiger partial charge in [0.15, 0.2) is 16.5 Å². The molecule has 0 fully saturated rings. The summed E-state index contributed by atoms with van der Waals surface area (Å²) in [7, 11) is -4.08. The lowest BCUT2D eigenvalue weighted by molar-refractivity contribution is -0.123. The van der Waals surface area contributed by atoms with Gasteiger partial charge in [-0.3, -0.25) is 15.6 Å². The highest BCUT2D eigenvalue weighted by atomic mass is 32.2. The van der Waals surface area contributed by atoms with Crippen LogP contribution in [0, 0.1) is 11.3 Å². The third-order valence-electron chi connectivity index (χ3n) is 5.30. The summed E-state index contributed by atoms with van der Waals surface area (Å²) < 4.78 is 36.8. The lowest BCUT2D eigenvalue weighted by atomic mass is 9.90. The topological polar surface area (TPSA) is 169 Å². The van der Waals surface area contributed by atoms with Crippen molar-refractivity contribution in [2.45, 2.75) is 44.4 Å². The van der Waals surface area contributed by atoms with Gasteiger partial charge in [-0.25, -0.2) is 13.4 Å². The lowest BCUT2D eigenvalue weighted by Crippen LogP contribution is -2.51. The highest BCUT2D eigenvalue weighted by molar-refractivity contribution is 7.89. The van der Waals surface area contributed by atoms with E-state index in [-0.39, 0.29) is 17.0 Å². The Labute approximate surface area is 216 Å². The van der Waals surface area contributed by atoms with Crippen molar-refractivity contribution in [3.05, 3.63) is 77.9 Å². The second-order valence-electron chi connectivity index (χ2n) is 8.47. The summed E-state index contributed by atoms with van der Waals surface area (Å²) >= 11 is 0. The molecule has 0 saturated heterocycles. The average molecular weight is 529 g/mol. The summed E-state index contributed by atoms with van der Waals surface area (Å²) in [6.07, 6.45) is 5.37. The number of allylic oxidation sites excluding steroid dienone is 1. The molecule has 1 amide bonds. The first-order chi connectivity index (χ1) is 17.6. The van der Waals surface area contributed by atoms with Crippen molar-refractivity contribution < 1.29 is 22.7 Å². The molecule has 198 valence electrons. The molecule has 6 N–H and O–H groups in total. The SMILES string of the molecule is CCOC1=CC(C(Nc2ccc(C(=N)N)cc2)C(=O)NNS(=O)(=O)c2ccccn2)CC=C1OC(C)C. The molecule has 3 rings (SSSR count). The summed E-state index contributed by atoms with van der Waals surface area (Å²) in [6.45, 7) is 6.07. The van der Waals surface area contributed by atoms with Crippen molar-refractivity contribution in [2.24, 2.45) is 11.7 Å². The van der Waals surface area contributed by atoms with E-state index in [4.69, 9.17) is 20.6 Å². The summed E-state index contributed by atoms with van der Waals surface area (Å²) in [6, 6.07) is 10.2. The Morgan fingerprint density at radius 2 is 1.92 bits per heavy atom. The smallest absolute Gasteiger partial charge is 0.274 e. The van der Waals surface area contributed by atoms with Gasteiger partial charge in [0.25, 0.3) is 15.9 Å². The number of amides is 1. The molecule has 11 nitrogen and oxygen atoms in total. The van der Waals surface area contributed by atoms with Crippen molar-refractivity contribution in [2.75, 3.05) is 11.9 Å². The molecule has 0 spiro atoms. The zero-order valence-corrected chi connectivity index (χ0v) is 21.7. The molecular formula is C25H32N6O5S. The fourth-order valence-corrected chi connectivity index (χ4v) is 4.40. The number of hydrazine groups is 1. The van der Waals surface area contributed by atoms with Crippen molar-refractivity contribution in [3.8, 4) is 0 Å². The number of amidine groups is 1. The second kappa shape index (κ2) is 12.4. The number of ether oxygens (including phenoxy) is 2. The molecule has 12 heteroatoms. The van der Waals surface area contributed by atoms with Gasteiger partial charge < -0.3 is 20.5 Å². The first kappa shape index (κ1) is 27.7. The number of nitrogen functional groups attached to an aromatic ring is 1. The number of hydrogen-bond acceptors (Lipinski definition) is 8. The summed E-state index contributed by atoms with van der Waals surface area (Å²) in [5.41, 5.74) is 8.95. The van der Waals surface area contributed by atoms with Crippen LogP contribution in [0.15, 0.2) is 77.4 Å². The number of anilines is 1. The van der Waals surface area contributed by atoms with Crippen molar-refractivity contribution in [1.29, 1.82) is 5.41 Å². The summed E-state index contributed by atoms with van der Waals surface area (Å²) in [5, 5.41) is 10.5. The Morgan fingerprint density at radius 3 is 2.51 bits per heavy atom. The molecule has 0 radical (unpaired) electrons. The lowest BCUT2D eigenvalue weighted by Gasteiger charge is -2.29. The molecule has 1 aromatic heterocycles. The van der Waals surface area contributed by atoms with E-state index >= 15 is 0 Å². The highest BCUT2D eigenvalue weighted by Gasteiger charge is 2.31. The van der Waals surface area contributed by atoms with Crippen LogP contribution in [0.2, 0.25) is 0 Å². The van der Waals surface area contributed by atoms with E-state index in [0.717, 1.165) is 0 Å². The van der Waals surface area contributed by atoms with Crippen molar-refractivity contribution >= 4 is 27.5 Å². The predicted octanol–water partition coefficient (Wildman–Crippen LogP) is 2.41. The number of nitrogens with zero attached hydrogens (tertiary/aromatic N) is 1. The van der Waals surface area contributed by atoms with E-state index in [1.807, 2.05) is 26.8 Å². The Kier molecular flexibility index (Phi) is 9.25. The fraction of sp³-hybridized carbons (Fsp3) is 0.320. The monoisotopic (exact) mass is 528 g/mol. The standard InChI is InChI=1S/C25H32N6O5S/c1-4-35-21-15-18(10-13-20(21)36-16(2)3)23(29-19-11-8-17(9-12-19)24(26)27)25(32)30-31-37(33,34)22-7-5-6-14-28-22/h5-9,11-16,18,23,29,31H,4,10H2,1-3H3,(H3,26,27)(H,30,32). The Hall–Kier alpha value is -3.90. The van der Waals surface area contributed by atoms with Gasteiger partial charge in [0, 0.05) is 23.4 Å². The first-order valence-corrected chi connectivity index (χ1v) is 13.2. The van der Waals surface area contributed by atoms with Crippen LogP contribution < -0.4 is 21.3 Å². The number of nitrogens with two attached hydrogens (primary N) is 1. The number of rotatable bonds is 12. The number of nitrogens with one attached hydrogen (secondary N) is 4. The minimum absolute atomic E-state index is 0.0651. The number of pyridine rings is 1. The average Bonchev–Trinajstić information content (AvgIpc) is 2.87. The van der Waals surface area contributed by atoms with Crippen LogP contribution in [0.1, 0.15) is 32.8 Å². The first-order valence-electron chi connectivity index (χ1n) is 11.8. The minimum Gasteiger partial charge on any atom is -0.490 e. The van der Waals surface area contributed by atoms with Gasteiger partial charge in [-0.15, -0.1) is 4.83 Å². The highest BCUT2D eigenvalue weighted by Crippen LogP contribution is 2.29. The molecule has 0 saturated carbocycles. The van der Waals surface area contributed by atoms with Crippen LogP contribution in [-0.2, 0) is 24.3 Å². The number of benzene rings is 1. The van der Waals surface area contributed by atoms with Crippen LogP contribution in [0.4, 0.5) is 5.69 Å². The molecule has 1 heterocycles. The molecular weight excluding hydrogens is 496 g/mol. The Balaban J connectivity index is 1.86. The van der Waals surface area contributed by atoms with Crippen molar-refractivity contribution in [1.82, 2.24) is 15.2 Å². The third-order valence-corrected chi connectivity index (χ3v) is 6.46. The molecule has 1 aliphatic rings. The zero-order valence-electron chi connectivity index (χ0n) is 20.9. The van der Waals surface area contributed by atoms with Crippen LogP contribution in [0.3, 0.4) is 0 Å². The molecule has 0 aliphatic heterocycles. The Bertz CT molecular complexity index is 1260. The maximum absolute atomic E-state index is 13.3.